The molecule has 0 fully saturated rings. The van der Waals surface area contributed by atoms with E-state index in [4.69, 9.17) is 0 Å². The van der Waals surface area contributed by atoms with Crippen LogP contribution in [0, 0.1) is 13.8 Å². The number of halogens is 1. The molecule has 0 heterocycles. The van der Waals surface area contributed by atoms with E-state index in [1.807, 2.05) is 13.8 Å². The van der Waals surface area contributed by atoms with Crippen molar-refractivity contribution >= 4 is 9.84 Å². The van der Waals surface area contributed by atoms with Gasteiger partial charge in [0, 0.05) is 5.56 Å². The van der Waals surface area contributed by atoms with Crippen LogP contribution in [0.3, 0.4) is 0 Å². The third-order valence-electron chi connectivity index (χ3n) is 4.37. The number of benzene rings is 3. The lowest BCUT2D eigenvalue weighted by molar-refractivity contribution is 0.314. The molecule has 0 aliphatic rings. The maximum absolute atomic E-state index is 16.5. The number of aryl methyl sites for hydroxylation is 2. The number of alkyl halides is 1. The van der Waals surface area contributed by atoms with Gasteiger partial charge >= 0.3 is 0 Å². The average Bonchev–Trinajstić information content (AvgIpc) is 2.62. The highest BCUT2D eigenvalue weighted by Gasteiger charge is 2.50. The average molecular weight is 370 g/mol. The third kappa shape index (κ3) is 2.88. The Bertz CT molecular complexity index is 1030. The Kier molecular flexibility index (Phi) is 4.59. The van der Waals surface area contributed by atoms with E-state index in [1.165, 1.54) is 48.5 Å². The number of phenols is 1. The fourth-order valence-electron chi connectivity index (χ4n) is 2.85. The van der Waals surface area contributed by atoms with Gasteiger partial charge in [-0.15, -0.1) is 0 Å². The summed E-state index contributed by atoms with van der Waals surface area (Å²) in [6.07, 6.45) is 0. The smallest absolute Gasteiger partial charge is 0.268 e. The van der Waals surface area contributed by atoms with Crippen LogP contribution in [-0.4, -0.2) is 13.5 Å². The molecule has 1 atom stereocenters. The minimum Gasteiger partial charge on any atom is -0.507 e. The van der Waals surface area contributed by atoms with E-state index < -0.39 is 20.6 Å². The first-order valence-electron chi connectivity index (χ1n) is 8.12. The minimum absolute atomic E-state index is 0.0508. The fourth-order valence-corrected chi connectivity index (χ4v) is 4.58. The van der Waals surface area contributed by atoms with E-state index in [2.05, 4.69) is 0 Å². The molecule has 3 aromatic carbocycles. The number of sulfone groups is 1. The summed E-state index contributed by atoms with van der Waals surface area (Å²) in [5.41, 5.74) is 1.39. The van der Waals surface area contributed by atoms with Gasteiger partial charge in [0.05, 0.1) is 10.5 Å². The summed E-state index contributed by atoms with van der Waals surface area (Å²) in [5.74, 6) is -0.411. The van der Waals surface area contributed by atoms with Crippen molar-refractivity contribution in [3.8, 4) is 5.75 Å². The van der Waals surface area contributed by atoms with Gasteiger partial charge in [0.25, 0.3) is 5.00 Å². The molecule has 0 saturated heterocycles. The summed E-state index contributed by atoms with van der Waals surface area (Å²) in [7, 11) is -4.49. The SMILES string of the molecule is Cc1ccc(C(F)(c2ccccc2O)S(=O)(=O)c2ccc(C)cc2)cc1. The molecule has 0 amide bonds. The molecule has 26 heavy (non-hydrogen) atoms. The normalized spacial score (nSPS) is 14.0. The molecule has 3 aromatic rings. The first-order chi connectivity index (χ1) is 12.3. The Hall–Kier alpha value is -2.66. The zero-order valence-corrected chi connectivity index (χ0v) is 15.3. The van der Waals surface area contributed by atoms with Crippen molar-refractivity contribution in [1.29, 1.82) is 0 Å². The summed E-state index contributed by atoms with van der Waals surface area (Å²) in [6.45, 7) is 3.65. The fraction of sp³-hybridized carbons (Fsp3) is 0.143. The van der Waals surface area contributed by atoms with Crippen molar-refractivity contribution in [2.75, 3.05) is 0 Å². The minimum atomic E-state index is -4.49. The first kappa shape index (κ1) is 18.1. The Labute approximate surface area is 152 Å². The van der Waals surface area contributed by atoms with Crippen molar-refractivity contribution in [3.63, 3.8) is 0 Å². The van der Waals surface area contributed by atoms with Crippen molar-refractivity contribution in [2.24, 2.45) is 0 Å². The van der Waals surface area contributed by atoms with Gasteiger partial charge in [0.15, 0.2) is 0 Å². The molecule has 1 N–H and O–H groups in total. The van der Waals surface area contributed by atoms with Crippen LogP contribution in [0.15, 0.2) is 77.7 Å². The quantitative estimate of drug-likeness (QED) is 0.727. The lowest BCUT2D eigenvalue weighted by atomic mass is 10.00. The maximum atomic E-state index is 16.5. The number of hydrogen-bond acceptors (Lipinski definition) is 3. The first-order valence-corrected chi connectivity index (χ1v) is 9.61. The van der Waals surface area contributed by atoms with Crippen molar-refractivity contribution in [2.45, 2.75) is 23.7 Å². The molecule has 0 spiro atoms. The van der Waals surface area contributed by atoms with Gasteiger partial charge in [0.2, 0.25) is 9.84 Å². The molecule has 5 heteroatoms. The molecule has 3 rings (SSSR count). The zero-order chi connectivity index (χ0) is 18.9. The van der Waals surface area contributed by atoms with E-state index in [0.717, 1.165) is 11.1 Å². The van der Waals surface area contributed by atoms with Gasteiger partial charge < -0.3 is 5.11 Å². The topological polar surface area (TPSA) is 54.4 Å². The molecule has 1 unspecified atom stereocenters. The van der Waals surface area contributed by atoms with Crippen molar-refractivity contribution in [3.05, 3.63) is 95.1 Å². The van der Waals surface area contributed by atoms with Crippen LogP contribution in [0.4, 0.5) is 4.39 Å². The summed E-state index contributed by atoms with van der Waals surface area (Å²) in [5, 5.41) is 7.30. The van der Waals surface area contributed by atoms with E-state index >= 15 is 4.39 Å². The number of rotatable bonds is 4. The number of aromatic hydroxyl groups is 1. The van der Waals surface area contributed by atoms with E-state index in [-0.39, 0.29) is 16.0 Å². The Morgan fingerprint density at radius 2 is 1.31 bits per heavy atom. The van der Waals surface area contributed by atoms with Crippen LogP contribution in [0.2, 0.25) is 0 Å². The Balaban J connectivity index is 2.32. The molecule has 0 aromatic heterocycles. The Morgan fingerprint density at radius 1 is 0.808 bits per heavy atom. The van der Waals surface area contributed by atoms with E-state index in [0.29, 0.717) is 0 Å². The molecule has 0 aliphatic heterocycles. The lowest BCUT2D eigenvalue weighted by Crippen LogP contribution is -2.33. The summed E-state index contributed by atoms with van der Waals surface area (Å²) >= 11 is 0. The third-order valence-corrected chi connectivity index (χ3v) is 6.46. The van der Waals surface area contributed by atoms with Crippen molar-refractivity contribution < 1.29 is 17.9 Å². The second-order valence-corrected chi connectivity index (χ2v) is 8.34. The molecule has 0 radical (unpaired) electrons. The van der Waals surface area contributed by atoms with Crippen LogP contribution >= 0.6 is 0 Å². The second kappa shape index (κ2) is 6.57. The van der Waals surface area contributed by atoms with Gasteiger partial charge in [-0.3, -0.25) is 0 Å². The molecule has 3 nitrogen and oxygen atoms in total. The molecule has 0 aliphatic carbocycles. The van der Waals surface area contributed by atoms with E-state index in [1.54, 1.807) is 24.3 Å². The largest absolute Gasteiger partial charge is 0.507 e. The van der Waals surface area contributed by atoms with Gasteiger partial charge in [-0.05, 0) is 32.0 Å². The van der Waals surface area contributed by atoms with Gasteiger partial charge in [-0.1, -0.05) is 65.7 Å². The summed E-state index contributed by atoms with van der Waals surface area (Å²) < 4.78 is 43.1. The van der Waals surface area contributed by atoms with Crippen molar-refractivity contribution in [1.82, 2.24) is 0 Å². The van der Waals surface area contributed by atoms with E-state index in [9.17, 15) is 13.5 Å². The molecular weight excluding hydrogens is 351 g/mol. The van der Waals surface area contributed by atoms with Gasteiger partial charge in [-0.25, -0.2) is 12.8 Å². The maximum Gasteiger partial charge on any atom is 0.268 e. The van der Waals surface area contributed by atoms with Crippen LogP contribution in [0.5, 0.6) is 5.75 Å². The molecular formula is C21H19FO3S. The number of hydrogen-bond donors (Lipinski definition) is 1. The van der Waals surface area contributed by atoms with Gasteiger partial charge in [0.1, 0.15) is 5.75 Å². The lowest BCUT2D eigenvalue weighted by Gasteiger charge is -2.27. The standard InChI is InChI=1S/C21H19FO3S/c1-15-7-11-17(12-8-15)21(22,19-5-3-4-6-20(19)23)26(24,25)18-13-9-16(2)10-14-18/h3-14,23H,1-2H3. The predicted molar refractivity (Wildman–Crippen MR) is 99.5 cm³/mol. The van der Waals surface area contributed by atoms with Crippen LogP contribution in [0.25, 0.3) is 0 Å². The summed E-state index contributed by atoms with van der Waals surface area (Å²) in [4.78, 5) is -0.144. The molecule has 0 bridgehead atoms. The monoisotopic (exact) mass is 370 g/mol. The highest BCUT2D eigenvalue weighted by atomic mass is 32.2. The van der Waals surface area contributed by atoms with Crippen LogP contribution < -0.4 is 0 Å². The summed E-state index contributed by atoms with van der Waals surface area (Å²) in [6, 6.07) is 17.8. The highest BCUT2D eigenvalue weighted by molar-refractivity contribution is 7.92. The highest BCUT2D eigenvalue weighted by Crippen LogP contribution is 2.46. The second-order valence-electron chi connectivity index (χ2n) is 6.29. The number of phenolic OH excluding ortho intramolecular Hbond substituents is 1. The molecule has 0 saturated carbocycles. The zero-order valence-electron chi connectivity index (χ0n) is 14.5. The molecule has 134 valence electrons. The predicted octanol–water partition coefficient (Wildman–Crippen LogP) is 4.65. The Morgan fingerprint density at radius 3 is 1.85 bits per heavy atom. The number of para-hydroxylation sites is 1. The van der Waals surface area contributed by atoms with Gasteiger partial charge in [-0.2, -0.15) is 0 Å². The van der Waals surface area contributed by atoms with Crippen LogP contribution in [-0.2, 0) is 14.8 Å². The van der Waals surface area contributed by atoms with Crippen LogP contribution in [0.1, 0.15) is 22.3 Å².